The van der Waals surface area contributed by atoms with Crippen LogP contribution in [0.1, 0.15) is 45.7 Å². The predicted molar refractivity (Wildman–Crippen MR) is 83.9 cm³/mol. The highest BCUT2D eigenvalue weighted by atomic mass is 32.2. The van der Waals surface area contributed by atoms with Crippen molar-refractivity contribution >= 4 is 10.0 Å². The van der Waals surface area contributed by atoms with Crippen LogP contribution >= 0.6 is 0 Å². The monoisotopic (exact) mass is 298 g/mol. The maximum absolute atomic E-state index is 12.1. The Morgan fingerprint density at radius 1 is 1.15 bits per heavy atom. The summed E-state index contributed by atoms with van der Waals surface area (Å²) in [5.74, 6) is 0.0137. The minimum atomic E-state index is -3.31. The van der Waals surface area contributed by atoms with E-state index in [1.807, 2.05) is 45.0 Å². The minimum Gasteiger partial charge on any atom is -0.310 e. The minimum absolute atomic E-state index is 0.0137. The fourth-order valence-corrected chi connectivity index (χ4v) is 3.50. The van der Waals surface area contributed by atoms with Gasteiger partial charge in [-0.3, -0.25) is 0 Å². The van der Waals surface area contributed by atoms with E-state index in [0.717, 1.165) is 17.7 Å². The normalized spacial score (nSPS) is 12.9. The Kier molecular flexibility index (Phi) is 5.74. The van der Waals surface area contributed by atoms with Gasteiger partial charge < -0.3 is 5.32 Å². The van der Waals surface area contributed by atoms with Gasteiger partial charge >= 0.3 is 0 Å². The van der Waals surface area contributed by atoms with Crippen molar-refractivity contribution in [2.45, 2.75) is 58.5 Å². The van der Waals surface area contributed by atoms with Crippen molar-refractivity contribution in [3.63, 3.8) is 0 Å². The molecule has 2 N–H and O–H groups in total. The van der Waals surface area contributed by atoms with Gasteiger partial charge in [-0.2, -0.15) is 0 Å². The standard InChI is InChI=1S/C15H26N2O2S/c1-12(2)16-10-13-7-6-8-14(9-13)11-20(18,19)17-15(3,4)5/h6-9,12,16-17H,10-11H2,1-5H3. The first-order chi connectivity index (χ1) is 9.07. The molecule has 0 aliphatic carbocycles. The summed E-state index contributed by atoms with van der Waals surface area (Å²) in [6, 6.07) is 8.10. The number of rotatable bonds is 6. The fourth-order valence-electron chi connectivity index (χ4n) is 1.87. The van der Waals surface area contributed by atoms with Crippen LogP contribution in [-0.4, -0.2) is 20.0 Å². The van der Waals surface area contributed by atoms with Crippen molar-refractivity contribution in [1.29, 1.82) is 0 Å². The van der Waals surface area contributed by atoms with E-state index in [2.05, 4.69) is 23.9 Å². The van der Waals surface area contributed by atoms with Crippen LogP contribution in [0.25, 0.3) is 0 Å². The van der Waals surface area contributed by atoms with Crippen LogP contribution in [0.2, 0.25) is 0 Å². The van der Waals surface area contributed by atoms with E-state index in [4.69, 9.17) is 0 Å². The number of hydrogen-bond acceptors (Lipinski definition) is 3. The Morgan fingerprint density at radius 2 is 1.75 bits per heavy atom. The van der Waals surface area contributed by atoms with Gasteiger partial charge in [0.2, 0.25) is 10.0 Å². The number of sulfonamides is 1. The average Bonchev–Trinajstić information content (AvgIpc) is 2.22. The lowest BCUT2D eigenvalue weighted by molar-refractivity contribution is 0.491. The molecule has 0 saturated heterocycles. The molecule has 0 amide bonds. The Bertz CT molecular complexity index is 531. The van der Waals surface area contributed by atoms with Crippen LogP contribution < -0.4 is 10.0 Å². The second-order valence-corrected chi connectivity index (χ2v) is 8.19. The van der Waals surface area contributed by atoms with Crippen LogP contribution in [0.3, 0.4) is 0 Å². The van der Waals surface area contributed by atoms with E-state index in [0.29, 0.717) is 6.04 Å². The Morgan fingerprint density at radius 3 is 2.30 bits per heavy atom. The highest BCUT2D eigenvalue weighted by Crippen LogP contribution is 2.11. The lowest BCUT2D eigenvalue weighted by Gasteiger charge is -2.20. The van der Waals surface area contributed by atoms with Gasteiger partial charge in [0.15, 0.2) is 0 Å². The van der Waals surface area contributed by atoms with Crippen molar-refractivity contribution < 1.29 is 8.42 Å². The van der Waals surface area contributed by atoms with Gasteiger partial charge in [-0.25, -0.2) is 13.1 Å². The first-order valence-electron chi connectivity index (χ1n) is 6.90. The maximum Gasteiger partial charge on any atom is 0.216 e. The third-order valence-electron chi connectivity index (χ3n) is 2.52. The van der Waals surface area contributed by atoms with Gasteiger partial charge in [0.25, 0.3) is 0 Å². The lowest BCUT2D eigenvalue weighted by Crippen LogP contribution is -2.41. The molecular formula is C15H26N2O2S. The van der Waals surface area contributed by atoms with Crippen LogP contribution in [-0.2, 0) is 22.3 Å². The summed E-state index contributed by atoms with van der Waals surface area (Å²) in [6.07, 6.45) is 0. The van der Waals surface area contributed by atoms with Gasteiger partial charge in [-0.15, -0.1) is 0 Å². The Hall–Kier alpha value is -0.910. The maximum atomic E-state index is 12.1. The number of nitrogens with one attached hydrogen (secondary N) is 2. The molecule has 1 aromatic rings. The molecule has 1 aromatic carbocycles. The van der Waals surface area contributed by atoms with E-state index in [1.165, 1.54) is 0 Å². The molecule has 0 aromatic heterocycles. The molecule has 114 valence electrons. The Balaban J connectivity index is 2.75. The fraction of sp³-hybridized carbons (Fsp3) is 0.600. The second-order valence-electron chi connectivity index (χ2n) is 6.47. The molecular weight excluding hydrogens is 272 g/mol. The molecule has 5 heteroatoms. The largest absolute Gasteiger partial charge is 0.310 e. The number of hydrogen-bond donors (Lipinski definition) is 2. The zero-order valence-corrected chi connectivity index (χ0v) is 13.8. The van der Waals surface area contributed by atoms with Crippen LogP contribution in [0.5, 0.6) is 0 Å². The van der Waals surface area contributed by atoms with Gasteiger partial charge in [0, 0.05) is 18.1 Å². The van der Waals surface area contributed by atoms with Crippen LogP contribution in [0.15, 0.2) is 24.3 Å². The summed E-state index contributed by atoms with van der Waals surface area (Å²) in [7, 11) is -3.31. The summed E-state index contributed by atoms with van der Waals surface area (Å²) in [6.45, 7) is 10.4. The molecule has 0 aliphatic rings. The zero-order chi connectivity index (χ0) is 15.4. The quantitative estimate of drug-likeness (QED) is 0.848. The third-order valence-corrected chi connectivity index (χ3v) is 4.16. The third kappa shape index (κ3) is 7.03. The van der Waals surface area contributed by atoms with Gasteiger partial charge in [0.05, 0.1) is 5.75 Å². The van der Waals surface area contributed by atoms with Crippen molar-refractivity contribution in [1.82, 2.24) is 10.0 Å². The SMILES string of the molecule is CC(C)NCc1cccc(CS(=O)(=O)NC(C)(C)C)c1. The van der Waals surface area contributed by atoms with Crippen molar-refractivity contribution in [2.24, 2.45) is 0 Å². The Labute approximate surface area is 123 Å². The predicted octanol–water partition coefficient (Wildman–Crippen LogP) is 2.40. The van der Waals surface area contributed by atoms with E-state index in [1.54, 1.807) is 0 Å². The van der Waals surface area contributed by atoms with Crippen molar-refractivity contribution in [3.05, 3.63) is 35.4 Å². The summed E-state index contributed by atoms with van der Waals surface area (Å²) in [4.78, 5) is 0. The molecule has 1 rings (SSSR count). The average molecular weight is 298 g/mol. The second kappa shape index (κ2) is 6.70. The van der Waals surface area contributed by atoms with E-state index < -0.39 is 15.6 Å². The van der Waals surface area contributed by atoms with Crippen molar-refractivity contribution in [3.8, 4) is 0 Å². The van der Waals surface area contributed by atoms with Crippen molar-refractivity contribution in [2.75, 3.05) is 0 Å². The molecule has 0 bridgehead atoms. The summed E-state index contributed by atoms with van der Waals surface area (Å²) < 4.78 is 26.8. The van der Waals surface area contributed by atoms with Gasteiger partial charge in [-0.05, 0) is 31.9 Å². The molecule has 0 fully saturated rings. The molecule has 4 nitrogen and oxygen atoms in total. The highest BCUT2D eigenvalue weighted by molar-refractivity contribution is 7.88. The molecule has 0 saturated carbocycles. The molecule has 0 radical (unpaired) electrons. The molecule has 0 atom stereocenters. The van der Waals surface area contributed by atoms with Gasteiger partial charge in [0.1, 0.15) is 0 Å². The molecule has 0 aliphatic heterocycles. The van der Waals surface area contributed by atoms with Gasteiger partial charge in [-0.1, -0.05) is 38.1 Å². The number of benzene rings is 1. The molecule has 0 spiro atoms. The van der Waals surface area contributed by atoms with Crippen LogP contribution in [0.4, 0.5) is 0 Å². The zero-order valence-electron chi connectivity index (χ0n) is 13.0. The van der Waals surface area contributed by atoms with Crippen LogP contribution in [0, 0.1) is 0 Å². The highest BCUT2D eigenvalue weighted by Gasteiger charge is 2.20. The smallest absolute Gasteiger partial charge is 0.216 e. The molecule has 20 heavy (non-hydrogen) atoms. The van der Waals surface area contributed by atoms with E-state index >= 15 is 0 Å². The van der Waals surface area contributed by atoms with E-state index in [-0.39, 0.29) is 5.75 Å². The first kappa shape index (κ1) is 17.1. The summed E-state index contributed by atoms with van der Waals surface area (Å²) in [5, 5.41) is 3.32. The molecule has 0 unspecified atom stereocenters. The summed E-state index contributed by atoms with van der Waals surface area (Å²) in [5.41, 5.74) is 1.46. The first-order valence-corrected chi connectivity index (χ1v) is 8.55. The van der Waals surface area contributed by atoms with E-state index in [9.17, 15) is 8.42 Å². The molecule has 0 heterocycles. The topological polar surface area (TPSA) is 58.2 Å². The lowest BCUT2D eigenvalue weighted by atomic mass is 10.1. The summed E-state index contributed by atoms with van der Waals surface area (Å²) >= 11 is 0.